The number of allylic oxidation sites excluding steroid dienone is 4. The number of hydrogen-bond acceptors (Lipinski definition) is 2. The lowest BCUT2D eigenvalue weighted by Crippen LogP contribution is -1.91. The van der Waals surface area contributed by atoms with Gasteiger partial charge in [-0.25, -0.2) is 4.98 Å². The van der Waals surface area contributed by atoms with Crippen LogP contribution < -0.4 is 5.73 Å². The minimum Gasteiger partial charge on any atom is -0.399 e. The number of aromatic amines is 1. The largest absolute Gasteiger partial charge is 0.399 e. The Labute approximate surface area is 141 Å². The van der Waals surface area contributed by atoms with Crippen molar-refractivity contribution in [2.75, 3.05) is 5.73 Å². The fourth-order valence-corrected chi connectivity index (χ4v) is 3.00. The van der Waals surface area contributed by atoms with Crippen LogP contribution in [0.4, 0.5) is 5.69 Å². The van der Waals surface area contributed by atoms with Crippen LogP contribution in [0.3, 0.4) is 0 Å². The predicted octanol–water partition coefficient (Wildman–Crippen LogP) is 5.06. The predicted molar refractivity (Wildman–Crippen MR) is 100 cm³/mol. The Hall–Kier alpha value is -3.07. The number of anilines is 1. The van der Waals surface area contributed by atoms with Gasteiger partial charge in [-0.2, -0.15) is 0 Å². The van der Waals surface area contributed by atoms with Gasteiger partial charge < -0.3 is 10.7 Å². The summed E-state index contributed by atoms with van der Waals surface area (Å²) in [5.74, 6) is 0.874. The maximum Gasteiger partial charge on any atom is 0.138 e. The second-order valence-electron chi connectivity index (χ2n) is 5.96. The molecule has 24 heavy (non-hydrogen) atoms. The Morgan fingerprint density at radius 1 is 0.917 bits per heavy atom. The Kier molecular flexibility index (Phi) is 3.75. The third-order valence-electron chi connectivity index (χ3n) is 4.27. The number of nitrogens with one attached hydrogen (secondary N) is 1. The fraction of sp³-hybridized carbons (Fsp3) is 0.0952. The highest BCUT2D eigenvalue weighted by Crippen LogP contribution is 2.33. The lowest BCUT2D eigenvalue weighted by molar-refractivity contribution is 1.04. The molecule has 4 rings (SSSR count). The molecule has 0 amide bonds. The molecule has 3 N–H and O–H groups in total. The zero-order valence-corrected chi connectivity index (χ0v) is 13.4. The molecule has 0 bridgehead atoms. The third-order valence-corrected chi connectivity index (χ3v) is 4.27. The van der Waals surface area contributed by atoms with Gasteiger partial charge in [-0.3, -0.25) is 0 Å². The minimum atomic E-state index is 0.758. The van der Waals surface area contributed by atoms with Gasteiger partial charge in [-0.1, -0.05) is 48.6 Å². The number of benzene rings is 2. The molecule has 3 heteroatoms. The highest BCUT2D eigenvalue weighted by molar-refractivity contribution is 5.80. The molecule has 0 saturated carbocycles. The zero-order chi connectivity index (χ0) is 16.4. The van der Waals surface area contributed by atoms with Crippen molar-refractivity contribution in [1.29, 1.82) is 0 Å². The number of nitrogens with zero attached hydrogens (tertiary/aromatic N) is 1. The molecule has 118 valence electrons. The van der Waals surface area contributed by atoms with E-state index in [2.05, 4.69) is 47.5 Å². The van der Waals surface area contributed by atoms with Gasteiger partial charge in [0, 0.05) is 16.8 Å². The van der Waals surface area contributed by atoms with Crippen molar-refractivity contribution in [3.05, 3.63) is 78.5 Å². The summed E-state index contributed by atoms with van der Waals surface area (Å²) in [7, 11) is 0. The van der Waals surface area contributed by atoms with Crippen molar-refractivity contribution >= 4 is 11.3 Å². The topological polar surface area (TPSA) is 54.7 Å². The Bertz CT molecular complexity index is 900. The van der Waals surface area contributed by atoms with Crippen LogP contribution in [-0.4, -0.2) is 9.97 Å². The summed E-state index contributed by atoms with van der Waals surface area (Å²) >= 11 is 0. The third kappa shape index (κ3) is 2.76. The number of rotatable bonds is 3. The van der Waals surface area contributed by atoms with Gasteiger partial charge in [0.2, 0.25) is 0 Å². The average molecular weight is 313 g/mol. The van der Waals surface area contributed by atoms with E-state index in [4.69, 9.17) is 10.7 Å². The molecular formula is C21H19N3. The maximum atomic E-state index is 5.80. The molecule has 0 spiro atoms. The molecule has 1 aliphatic rings. The van der Waals surface area contributed by atoms with Crippen LogP contribution in [-0.2, 0) is 0 Å². The first kappa shape index (κ1) is 14.5. The van der Waals surface area contributed by atoms with Gasteiger partial charge in [-0.15, -0.1) is 0 Å². The van der Waals surface area contributed by atoms with Crippen LogP contribution >= 0.6 is 0 Å². The smallest absolute Gasteiger partial charge is 0.138 e. The summed E-state index contributed by atoms with van der Waals surface area (Å²) in [6, 6.07) is 18.2. The molecule has 1 heterocycles. The average Bonchev–Trinajstić information content (AvgIpc) is 3.09. The van der Waals surface area contributed by atoms with Gasteiger partial charge in [0.25, 0.3) is 0 Å². The fourth-order valence-electron chi connectivity index (χ4n) is 3.00. The van der Waals surface area contributed by atoms with E-state index >= 15 is 0 Å². The van der Waals surface area contributed by atoms with E-state index in [0.717, 1.165) is 46.9 Å². The summed E-state index contributed by atoms with van der Waals surface area (Å²) < 4.78 is 0. The number of nitrogens with two attached hydrogens (primary N) is 1. The molecule has 1 aliphatic carbocycles. The number of aromatic nitrogens is 2. The molecule has 3 aromatic rings. The number of hydrogen-bond donors (Lipinski definition) is 2. The van der Waals surface area contributed by atoms with Crippen LogP contribution in [0.5, 0.6) is 0 Å². The first-order chi connectivity index (χ1) is 11.8. The SMILES string of the molecule is Nc1ccc(-c2nc(C3=CC=CCC3)c(-c3ccccc3)[nH]2)cc1. The minimum absolute atomic E-state index is 0.758. The highest BCUT2D eigenvalue weighted by Gasteiger charge is 2.17. The number of imidazole rings is 1. The second kappa shape index (κ2) is 6.20. The molecule has 0 radical (unpaired) electrons. The summed E-state index contributed by atoms with van der Waals surface area (Å²) in [5, 5.41) is 0. The van der Waals surface area contributed by atoms with Crippen LogP contribution in [0.1, 0.15) is 18.5 Å². The summed E-state index contributed by atoms with van der Waals surface area (Å²) in [4.78, 5) is 8.43. The van der Waals surface area contributed by atoms with Crippen molar-refractivity contribution in [3.63, 3.8) is 0 Å². The lowest BCUT2D eigenvalue weighted by atomic mass is 9.98. The number of nitrogen functional groups attached to an aromatic ring is 1. The van der Waals surface area contributed by atoms with Gasteiger partial charge >= 0.3 is 0 Å². The highest BCUT2D eigenvalue weighted by atomic mass is 14.9. The Morgan fingerprint density at radius 2 is 1.71 bits per heavy atom. The Balaban J connectivity index is 1.86. The van der Waals surface area contributed by atoms with E-state index in [1.54, 1.807) is 0 Å². The van der Waals surface area contributed by atoms with Crippen LogP contribution in [0.15, 0.2) is 72.8 Å². The van der Waals surface area contributed by atoms with Crippen molar-refractivity contribution < 1.29 is 0 Å². The van der Waals surface area contributed by atoms with E-state index in [1.807, 2.05) is 30.3 Å². The Morgan fingerprint density at radius 3 is 2.42 bits per heavy atom. The van der Waals surface area contributed by atoms with E-state index in [0.29, 0.717) is 0 Å². The molecule has 3 nitrogen and oxygen atoms in total. The zero-order valence-electron chi connectivity index (χ0n) is 13.4. The van der Waals surface area contributed by atoms with Crippen molar-refractivity contribution in [1.82, 2.24) is 9.97 Å². The molecular weight excluding hydrogens is 294 g/mol. The molecule has 1 aromatic heterocycles. The monoisotopic (exact) mass is 313 g/mol. The van der Waals surface area contributed by atoms with Crippen molar-refractivity contribution in [2.24, 2.45) is 0 Å². The maximum absolute atomic E-state index is 5.80. The van der Waals surface area contributed by atoms with Gasteiger partial charge in [0.1, 0.15) is 5.82 Å². The standard InChI is InChI=1S/C21H19N3/c22-18-13-11-17(12-14-18)21-23-19(15-7-3-1-4-8-15)20(24-21)16-9-5-2-6-10-16/h1-5,7-9,11-14H,6,10,22H2,(H,23,24). The quantitative estimate of drug-likeness (QED) is 0.664. The van der Waals surface area contributed by atoms with Gasteiger partial charge in [0.05, 0.1) is 11.4 Å². The lowest BCUT2D eigenvalue weighted by Gasteiger charge is -2.08. The van der Waals surface area contributed by atoms with Gasteiger partial charge in [0.15, 0.2) is 0 Å². The van der Waals surface area contributed by atoms with Crippen molar-refractivity contribution in [3.8, 4) is 22.6 Å². The number of H-pyrrole nitrogens is 1. The van der Waals surface area contributed by atoms with E-state index < -0.39 is 0 Å². The summed E-state index contributed by atoms with van der Waals surface area (Å²) in [6.45, 7) is 0. The van der Waals surface area contributed by atoms with E-state index in [9.17, 15) is 0 Å². The second-order valence-corrected chi connectivity index (χ2v) is 5.96. The van der Waals surface area contributed by atoms with E-state index in [1.165, 1.54) is 5.57 Å². The molecule has 0 saturated heterocycles. The van der Waals surface area contributed by atoms with Crippen LogP contribution in [0, 0.1) is 0 Å². The molecule has 2 aromatic carbocycles. The van der Waals surface area contributed by atoms with Crippen LogP contribution in [0.2, 0.25) is 0 Å². The molecule has 0 unspecified atom stereocenters. The summed E-state index contributed by atoms with van der Waals surface area (Å²) in [6.07, 6.45) is 8.55. The van der Waals surface area contributed by atoms with E-state index in [-0.39, 0.29) is 0 Å². The summed E-state index contributed by atoms with van der Waals surface area (Å²) in [5.41, 5.74) is 12.1. The van der Waals surface area contributed by atoms with Crippen LogP contribution in [0.25, 0.3) is 28.2 Å². The first-order valence-corrected chi connectivity index (χ1v) is 8.19. The molecule has 0 atom stereocenters. The van der Waals surface area contributed by atoms with Gasteiger partial charge in [-0.05, 0) is 42.7 Å². The normalized spacial score (nSPS) is 13.8. The molecule has 0 aliphatic heterocycles. The first-order valence-electron chi connectivity index (χ1n) is 8.19. The van der Waals surface area contributed by atoms with Crippen molar-refractivity contribution in [2.45, 2.75) is 12.8 Å². The molecule has 0 fully saturated rings.